The smallest absolute Gasteiger partial charge is 0.230 e. The van der Waals surface area contributed by atoms with Gasteiger partial charge in [0.1, 0.15) is 11.5 Å². The lowest BCUT2D eigenvalue weighted by Gasteiger charge is -2.23. The molecule has 1 saturated heterocycles. The highest BCUT2D eigenvalue weighted by Crippen LogP contribution is 2.31. The Labute approximate surface area is 255 Å². The summed E-state index contributed by atoms with van der Waals surface area (Å²) in [4.78, 5) is 29.8. The summed E-state index contributed by atoms with van der Waals surface area (Å²) in [7, 11) is 0. The first kappa shape index (κ1) is 29.1. The van der Waals surface area contributed by atoms with E-state index in [9.17, 15) is 4.79 Å². The quantitative estimate of drug-likeness (QED) is 0.206. The number of benzene rings is 1. The van der Waals surface area contributed by atoms with Crippen molar-refractivity contribution in [3.05, 3.63) is 89.2 Å². The van der Waals surface area contributed by atoms with E-state index in [2.05, 4.69) is 65.0 Å². The Balaban J connectivity index is 1.15. The van der Waals surface area contributed by atoms with Crippen molar-refractivity contribution in [2.24, 2.45) is 0 Å². The first-order valence-electron chi connectivity index (χ1n) is 14.9. The summed E-state index contributed by atoms with van der Waals surface area (Å²) in [5.41, 5.74) is 5.79. The van der Waals surface area contributed by atoms with Gasteiger partial charge in [-0.05, 0) is 85.3 Å². The molecule has 222 valence electrons. The molecule has 1 fully saturated rings. The lowest BCUT2D eigenvalue weighted by molar-refractivity contribution is -0.115. The van der Waals surface area contributed by atoms with Crippen LogP contribution in [0.2, 0.25) is 0 Å². The van der Waals surface area contributed by atoms with Crippen LogP contribution < -0.4 is 5.32 Å². The maximum absolute atomic E-state index is 15.2. The van der Waals surface area contributed by atoms with Crippen molar-refractivity contribution in [1.82, 2.24) is 24.3 Å². The lowest BCUT2D eigenvalue weighted by Crippen LogP contribution is -2.31. The summed E-state index contributed by atoms with van der Waals surface area (Å²) in [6.45, 7) is 10.9. The summed E-state index contributed by atoms with van der Waals surface area (Å²) in [5, 5.41) is 3.33. The van der Waals surface area contributed by atoms with Crippen LogP contribution in [0.5, 0.6) is 0 Å². The predicted molar refractivity (Wildman–Crippen MR) is 171 cm³/mol. The topological polar surface area (TPSA) is 75.4 Å². The van der Waals surface area contributed by atoms with Gasteiger partial charge < -0.3 is 10.2 Å². The van der Waals surface area contributed by atoms with Gasteiger partial charge in [-0.15, -0.1) is 11.3 Å². The Morgan fingerprint density at radius 1 is 1.00 bits per heavy atom. The fourth-order valence-corrected chi connectivity index (χ4v) is 6.51. The van der Waals surface area contributed by atoms with Crippen molar-refractivity contribution in [2.75, 3.05) is 18.4 Å². The Morgan fingerprint density at radius 2 is 1.79 bits per heavy atom. The van der Waals surface area contributed by atoms with E-state index >= 15 is 4.39 Å². The molecule has 1 aromatic carbocycles. The molecule has 0 radical (unpaired) electrons. The van der Waals surface area contributed by atoms with E-state index in [4.69, 9.17) is 0 Å². The van der Waals surface area contributed by atoms with Crippen molar-refractivity contribution in [3.8, 4) is 22.4 Å². The van der Waals surface area contributed by atoms with Crippen LogP contribution >= 0.6 is 11.3 Å². The highest BCUT2D eigenvalue weighted by molar-refractivity contribution is 7.15. The molecule has 0 bridgehead atoms. The van der Waals surface area contributed by atoms with Crippen molar-refractivity contribution in [3.63, 3.8) is 0 Å². The fraction of sp³-hybridized carbons (Fsp3) is 0.353. The largest absolute Gasteiger partial charge is 0.302 e. The molecule has 1 N–H and O–H groups in total. The van der Waals surface area contributed by atoms with E-state index in [-0.39, 0.29) is 17.7 Å². The second kappa shape index (κ2) is 12.0. The van der Waals surface area contributed by atoms with Gasteiger partial charge in [0.15, 0.2) is 5.13 Å². The van der Waals surface area contributed by atoms with Gasteiger partial charge in [0.2, 0.25) is 5.91 Å². The summed E-state index contributed by atoms with van der Waals surface area (Å²) in [6.07, 6.45) is 10.8. The number of amides is 1. The van der Waals surface area contributed by atoms with Gasteiger partial charge in [-0.2, -0.15) is 0 Å². The minimum atomic E-state index is -0.429. The molecule has 5 heterocycles. The fourth-order valence-electron chi connectivity index (χ4n) is 5.62. The monoisotopic (exact) mass is 596 g/mol. The number of likely N-dealkylation sites (tertiary alicyclic amines) is 1. The molecule has 7 nitrogen and oxygen atoms in total. The number of carbonyl (C=O) groups excluding carboxylic acids is 1. The third kappa shape index (κ3) is 6.53. The van der Waals surface area contributed by atoms with Crippen molar-refractivity contribution < 1.29 is 9.18 Å². The average molecular weight is 597 g/mol. The number of carbonyl (C=O) groups is 1. The standard InChI is InChI=1S/C34H37FN6OS/c1-22(40-12-5-6-13-40)15-27-16-23(9-11-36-27)24-10-14-41-29(20-37-31(41)18-24)26-8-7-25(28(35)17-26)19-32(42)39-33-38-21-30(43-33)34(2,3)4/h7-11,14,16-18,20-22H,5-6,12-13,15,19H2,1-4H3,(H,38,39,42). The number of nitrogens with zero attached hydrogens (tertiary/aromatic N) is 5. The molecule has 1 unspecified atom stereocenters. The number of imidazole rings is 1. The van der Waals surface area contributed by atoms with E-state index in [1.807, 2.05) is 35.0 Å². The summed E-state index contributed by atoms with van der Waals surface area (Å²) in [6, 6.07) is 13.8. The number of fused-ring (bicyclic) bond motifs is 1. The number of pyridine rings is 2. The number of rotatable bonds is 8. The Hall–Kier alpha value is -3.95. The van der Waals surface area contributed by atoms with Gasteiger partial charge in [0.05, 0.1) is 18.3 Å². The average Bonchev–Trinajstić information content (AvgIpc) is 3.75. The van der Waals surface area contributed by atoms with E-state index in [0.717, 1.165) is 39.5 Å². The molecule has 6 rings (SSSR count). The van der Waals surface area contributed by atoms with Gasteiger partial charge >= 0.3 is 0 Å². The molecule has 1 aliphatic rings. The summed E-state index contributed by atoms with van der Waals surface area (Å²) in [5.74, 6) is -0.727. The Kier molecular flexibility index (Phi) is 8.11. The van der Waals surface area contributed by atoms with Gasteiger partial charge in [0.25, 0.3) is 0 Å². The third-order valence-electron chi connectivity index (χ3n) is 8.12. The SMILES string of the molecule is CC(Cc1cc(-c2ccn3c(-c4ccc(CC(=O)Nc5ncc(C(C)(C)C)s5)c(F)c4)cnc3c2)ccn1)N1CCCC1. The number of nitrogens with one attached hydrogen (secondary N) is 1. The van der Waals surface area contributed by atoms with E-state index in [1.165, 1.54) is 43.3 Å². The van der Waals surface area contributed by atoms with Crippen LogP contribution in [0.1, 0.15) is 56.7 Å². The van der Waals surface area contributed by atoms with Crippen LogP contribution in [0.15, 0.2) is 67.3 Å². The van der Waals surface area contributed by atoms with Crippen LogP contribution in [-0.4, -0.2) is 49.3 Å². The first-order chi connectivity index (χ1) is 20.6. The van der Waals surface area contributed by atoms with Gasteiger partial charge in [0, 0.05) is 47.2 Å². The minimum Gasteiger partial charge on any atom is -0.302 e. The summed E-state index contributed by atoms with van der Waals surface area (Å²) < 4.78 is 17.1. The zero-order chi connectivity index (χ0) is 30.1. The van der Waals surface area contributed by atoms with E-state index < -0.39 is 5.82 Å². The number of thiazole rings is 1. The minimum absolute atomic E-state index is 0.0455. The summed E-state index contributed by atoms with van der Waals surface area (Å²) >= 11 is 1.44. The highest BCUT2D eigenvalue weighted by atomic mass is 32.1. The zero-order valence-electron chi connectivity index (χ0n) is 25.1. The van der Waals surface area contributed by atoms with Crippen molar-refractivity contribution >= 4 is 28.0 Å². The molecular weight excluding hydrogens is 559 g/mol. The van der Waals surface area contributed by atoms with Crippen LogP contribution in [-0.2, 0) is 23.1 Å². The third-order valence-corrected chi connectivity index (χ3v) is 9.46. The molecule has 1 atom stereocenters. The second-order valence-electron chi connectivity index (χ2n) is 12.4. The van der Waals surface area contributed by atoms with Gasteiger partial charge in [-0.25, -0.2) is 14.4 Å². The second-order valence-corrected chi connectivity index (χ2v) is 13.5. The van der Waals surface area contributed by atoms with Gasteiger partial charge in [-0.1, -0.05) is 32.9 Å². The molecule has 0 saturated carbocycles. The highest BCUT2D eigenvalue weighted by Gasteiger charge is 2.20. The molecule has 1 aliphatic heterocycles. The molecule has 0 aliphatic carbocycles. The number of hydrogen-bond donors (Lipinski definition) is 1. The molecule has 0 spiro atoms. The van der Waals surface area contributed by atoms with Gasteiger partial charge in [-0.3, -0.25) is 14.2 Å². The number of aromatic nitrogens is 4. The lowest BCUT2D eigenvalue weighted by atomic mass is 9.96. The van der Waals surface area contributed by atoms with Crippen LogP contribution in [0.25, 0.3) is 28.0 Å². The molecule has 4 aromatic heterocycles. The van der Waals surface area contributed by atoms with Crippen LogP contribution in [0, 0.1) is 5.82 Å². The number of anilines is 1. The molecule has 5 aromatic rings. The van der Waals surface area contributed by atoms with E-state index in [0.29, 0.717) is 22.3 Å². The molecular formula is C34H37FN6OS. The normalized spacial score (nSPS) is 14.8. The maximum atomic E-state index is 15.2. The van der Waals surface area contributed by atoms with Crippen LogP contribution in [0.3, 0.4) is 0 Å². The first-order valence-corrected chi connectivity index (χ1v) is 15.7. The predicted octanol–water partition coefficient (Wildman–Crippen LogP) is 7.16. The Bertz CT molecular complexity index is 1760. The number of halogens is 1. The molecule has 1 amide bonds. The maximum Gasteiger partial charge on any atom is 0.230 e. The van der Waals surface area contributed by atoms with Crippen molar-refractivity contribution in [2.45, 2.75) is 64.8 Å². The zero-order valence-corrected chi connectivity index (χ0v) is 25.9. The molecule has 43 heavy (non-hydrogen) atoms. The van der Waals surface area contributed by atoms with Crippen molar-refractivity contribution in [1.29, 1.82) is 0 Å². The van der Waals surface area contributed by atoms with E-state index in [1.54, 1.807) is 18.5 Å². The van der Waals surface area contributed by atoms with Crippen LogP contribution in [0.4, 0.5) is 9.52 Å². The molecule has 9 heteroatoms. The Morgan fingerprint density at radius 3 is 2.53 bits per heavy atom. The number of hydrogen-bond acceptors (Lipinski definition) is 6.